The van der Waals surface area contributed by atoms with E-state index in [9.17, 15) is 32.3 Å². The van der Waals surface area contributed by atoms with Crippen LogP contribution in [-0.2, 0) is 43.5 Å². The van der Waals surface area contributed by atoms with Gasteiger partial charge in [0.25, 0.3) is 0 Å². The summed E-state index contributed by atoms with van der Waals surface area (Å²) < 4.78 is 115. The van der Waals surface area contributed by atoms with Crippen LogP contribution in [0.3, 0.4) is 0 Å². The number of rotatable bonds is 32. The maximum absolute atomic E-state index is 14.4. The number of aliphatic hydroxyl groups excluding tert-OH is 1. The molecular formula is C92H98F3N5O18. The highest BCUT2D eigenvalue weighted by Crippen LogP contribution is 2.50. The van der Waals surface area contributed by atoms with E-state index in [1.54, 1.807) is 112 Å². The van der Waals surface area contributed by atoms with Crippen molar-refractivity contribution in [2.75, 3.05) is 110 Å². The van der Waals surface area contributed by atoms with Gasteiger partial charge < -0.3 is 91.5 Å². The van der Waals surface area contributed by atoms with E-state index in [0.717, 1.165) is 116 Å². The summed E-state index contributed by atoms with van der Waals surface area (Å²) in [7, 11) is 15.2. The van der Waals surface area contributed by atoms with Crippen LogP contribution in [0.15, 0.2) is 176 Å². The van der Waals surface area contributed by atoms with Gasteiger partial charge in [-0.3, -0.25) is 14.4 Å². The first-order chi connectivity index (χ1) is 57.0. The van der Waals surface area contributed by atoms with Crippen molar-refractivity contribution >= 4 is 75.4 Å². The number of fused-ring (bicyclic) bond motifs is 3. The summed E-state index contributed by atoms with van der Waals surface area (Å²) in [5.74, 6) is 3.80. The molecule has 4 N–H and O–H groups in total. The van der Waals surface area contributed by atoms with Gasteiger partial charge in [0.05, 0.1) is 107 Å². The quantitative estimate of drug-likeness (QED) is 0.0286. The summed E-state index contributed by atoms with van der Waals surface area (Å²) >= 11 is 0. The van der Waals surface area contributed by atoms with Crippen LogP contribution in [0.25, 0.3) is 51.7 Å². The predicted molar refractivity (Wildman–Crippen MR) is 443 cm³/mol. The average molecular weight is 1620 g/mol. The number of carbonyl (C=O) groups is 4. The van der Waals surface area contributed by atoms with Crippen molar-refractivity contribution in [3.63, 3.8) is 0 Å². The number of ether oxygens (including phenoxy) is 10. The Hall–Kier alpha value is -12.7. The summed E-state index contributed by atoms with van der Waals surface area (Å²) in [6.07, 6.45) is 12.3. The Labute approximate surface area is 683 Å². The highest BCUT2D eigenvalue weighted by atomic mass is 19.1. The number of allylic oxidation sites excluding steroid dienone is 6. The van der Waals surface area contributed by atoms with E-state index in [0.29, 0.717) is 93.1 Å². The Morgan fingerprint density at radius 1 is 0.466 bits per heavy atom. The van der Waals surface area contributed by atoms with Crippen molar-refractivity contribution in [1.82, 2.24) is 25.8 Å². The minimum Gasteiger partial charge on any atom is -0.493 e. The normalized spacial score (nSPS) is 14.6. The second-order valence-corrected chi connectivity index (χ2v) is 28.4. The molecule has 0 unspecified atom stereocenters. The van der Waals surface area contributed by atoms with Crippen molar-refractivity contribution < 1.29 is 98.1 Å². The van der Waals surface area contributed by atoms with Crippen molar-refractivity contribution in [3.8, 4) is 51.7 Å². The fourth-order valence-electron chi connectivity index (χ4n) is 14.2. The monoisotopic (exact) mass is 1620 g/mol. The van der Waals surface area contributed by atoms with Crippen molar-refractivity contribution in [2.45, 2.75) is 78.6 Å². The maximum atomic E-state index is 14.4. The maximum Gasteiger partial charge on any atom is 0.344 e. The number of carbonyl (C=O) groups excluding carboxylic acids is 4. The number of methoxy groups -OCH3 is 6. The molecule has 3 amide bonds. The number of amides is 3. The van der Waals surface area contributed by atoms with Crippen LogP contribution < -0.4 is 58.6 Å². The number of nitrogens with one attached hydrogen (secondary N) is 3. The molecule has 0 spiro atoms. The molecule has 1 saturated heterocycles. The Morgan fingerprint density at radius 3 is 1.08 bits per heavy atom. The van der Waals surface area contributed by atoms with Crippen LogP contribution in [-0.4, -0.2) is 155 Å². The number of piperidine rings is 1. The summed E-state index contributed by atoms with van der Waals surface area (Å²) in [5, 5.41) is 17.7. The first-order valence-electron chi connectivity index (χ1n) is 38.3. The fourth-order valence-corrected chi connectivity index (χ4v) is 14.2. The van der Waals surface area contributed by atoms with Crippen LogP contribution >= 0.6 is 0 Å². The molecule has 620 valence electrons. The molecule has 0 radical (unpaired) electrons. The van der Waals surface area contributed by atoms with Crippen molar-refractivity contribution in [2.24, 2.45) is 0 Å². The van der Waals surface area contributed by atoms with E-state index in [2.05, 4.69) is 20.9 Å². The Bertz CT molecular complexity index is 5190. The first-order valence-corrected chi connectivity index (χ1v) is 38.3. The van der Waals surface area contributed by atoms with E-state index < -0.39 is 5.97 Å². The van der Waals surface area contributed by atoms with E-state index in [4.69, 9.17) is 65.7 Å². The van der Waals surface area contributed by atoms with Gasteiger partial charge >= 0.3 is 5.97 Å². The molecule has 13 rings (SSSR count). The summed E-state index contributed by atoms with van der Waals surface area (Å²) in [4.78, 5) is 55.1. The van der Waals surface area contributed by atoms with Crippen LogP contribution in [0, 0.1) is 17.5 Å². The predicted octanol–water partition coefficient (Wildman–Crippen LogP) is 15.7. The third kappa shape index (κ3) is 21.7. The molecule has 0 bridgehead atoms. The van der Waals surface area contributed by atoms with E-state index in [1.807, 2.05) is 77.2 Å². The summed E-state index contributed by atoms with van der Waals surface area (Å²) in [5.41, 5.74) is 14.4. The van der Waals surface area contributed by atoms with Gasteiger partial charge in [0, 0.05) is 19.6 Å². The van der Waals surface area contributed by atoms with Gasteiger partial charge in [-0.2, -0.15) is 0 Å². The highest BCUT2D eigenvalue weighted by molar-refractivity contribution is 6.11. The van der Waals surface area contributed by atoms with E-state index >= 15 is 0 Å². The zero-order chi connectivity index (χ0) is 84.1. The largest absolute Gasteiger partial charge is 0.493 e. The first kappa shape index (κ1) is 86.2. The number of likely N-dealkylation sites (N-methyl/N-ethyl adjacent to an activating group) is 1. The van der Waals surface area contributed by atoms with Crippen LogP contribution in [0.4, 0.5) is 13.2 Å². The lowest BCUT2D eigenvalue weighted by atomic mass is 10.00. The van der Waals surface area contributed by atoms with Crippen LogP contribution in [0.2, 0.25) is 0 Å². The number of aliphatic hydroxyl groups is 1. The molecule has 118 heavy (non-hydrogen) atoms. The second-order valence-electron chi connectivity index (χ2n) is 28.4. The lowest BCUT2D eigenvalue weighted by molar-refractivity contribution is -0.153. The van der Waals surface area contributed by atoms with Gasteiger partial charge in [-0.25, -0.2) is 18.0 Å². The third-order valence-corrected chi connectivity index (χ3v) is 20.3. The number of nitrogens with zero attached hydrogens (tertiary/aromatic N) is 2. The molecule has 1 fully saturated rings. The lowest BCUT2D eigenvalue weighted by Crippen LogP contribution is -2.36. The lowest BCUT2D eigenvalue weighted by Gasteiger charge is -2.28. The number of hydrogen-bond acceptors (Lipinski definition) is 20. The molecule has 3 aliphatic carbocycles. The number of hydrogen-bond donors (Lipinski definition) is 4. The van der Waals surface area contributed by atoms with Gasteiger partial charge in [-0.05, 0) is 282 Å². The summed E-state index contributed by atoms with van der Waals surface area (Å²) in [6, 6.07) is 35.4. The zero-order valence-electron chi connectivity index (χ0n) is 68.2. The minimum absolute atomic E-state index is 0.0768. The fraction of sp³-hybridized carbons (Fsp3) is 0.304. The SMILES string of the molecule is COc1cc(/C=C2/C(C)=C(CC(=O)NCc3ccco3)c3cc(F)ccc32)cc(OC)c1OCC(=O)OC1CCN(C)CC1.COc1cc(/C=C2/C(C)=C(CC(=O)NCc3ccco3)c3cc(F)ccc32)cc(OC)c1OCCN(C)C.COc1cc(/C=C2/C(C)=C(CC(=O)NCc3ccco3)c3cc(F)ccc32)cc(OC)c1OCCO. The molecule has 0 saturated carbocycles. The number of furan rings is 3. The second kappa shape index (κ2) is 40.8. The number of benzene rings is 6. The van der Waals surface area contributed by atoms with Gasteiger partial charge in [-0.1, -0.05) is 18.2 Å². The van der Waals surface area contributed by atoms with Crippen molar-refractivity contribution in [3.05, 3.63) is 248 Å². The topological polar surface area (TPSA) is 263 Å². The molecule has 4 aliphatic rings. The Kier molecular flexibility index (Phi) is 29.8. The number of likely N-dealkylation sites (tertiary alicyclic amines) is 1. The van der Waals surface area contributed by atoms with Crippen molar-refractivity contribution in [1.29, 1.82) is 0 Å². The molecule has 9 aromatic rings. The molecule has 6 aromatic carbocycles. The standard InChI is InChI=1S/C34H37FN2O7.C30H33FN2O5.C28H28FNO6/c1-21-27(26-8-7-23(35)17-29(26)28(21)18-32(38)36-19-25-6-5-13-42-25)14-22-15-30(40-3)34(31(16-22)41-4)43-20-33(39)44-24-9-11-37(2)12-10-24;1-19-24(13-20-14-27(35-4)30(28(15-20)36-5)38-12-10-33(2)3)23-9-8-21(31)16-26(23)25(19)17-29(34)32-18-22-7-6-11-37-22;1-17-22(11-18-12-25(33-2)28(36-10-8-31)26(13-18)34-3)21-7-6-19(29)14-24(21)23(17)15-27(32)30-16-20-5-4-9-35-20/h5-8,13-17,24H,9-12,18-20H2,1-4H3,(H,36,38);6-9,11,13-16H,10,12,17-18H2,1-5H3,(H,32,34);4-7,9,11-14,31H,8,10,15-16H2,1-3H3,(H,30,32)/b27-14-;24-13-;22-11-. The zero-order valence-corrected chi connectivity index (χ0v) is 68.2. The van der Waals surface area contributed by atoms with Crippen LogP contribution in [0.1, 0.15) is 120 Å². The molecule has 4 heterocycles. The minimum atomic E-state index is -0.453. The van der Waals surface area contributed by atoms with Gasteiger partial charge in [-0.15, -0.1) is 0 Å². The molecule has 26 heteroatoms. The average Bonchev–Trinajstić information content (AvgIpc) is 1.62. The number of esters is 1. The van der Waals surface area contributed by atoms with Crippen LogP contribution in [0.5, 0.6) is 51.7 Å². The van der Waals surface area contributed by atoms with Gasteiger partial charge in [0.2, 0.25) is 35.0 Å². The molecule has 1 aliphatic heterocycles. The smallest absolute Gasteiger partial charge is 0.344 e. The molecular weight excluding hydrogens is 1520 g/mol. The highest BCUT2D eigenvalue weighted by Gasteiger charge is 2.31. The molecule has 3 aromatic heterocycles. The van der Waals surface area contributed by atoms with E-state index in [1.165, 1.54) is 64.8 Å². The summed E-state index contributed by atoms with van der Waals surface area (Å²) in [6.45, 7) is 9.27. The molecule has 23 nitrogen and oxygen atoms in total. The molecule has 0 atom stereocenters. The third-order valence-electron chi connectivity index (χ3n) is 20.3. The van der Waals surface area contributed by atoms with E-state index in [-0.39, 0.29) is 99.2 Å². The Morgan fingerprint density at radius 2 is 0.788 bits per heavy atom. The van der Waals surface area contributed by atoms with Gasteiger partial charge in [0.15, 0.2) is 41.1 Å². The number of halogens is 3. The Balaban J connectivity index is 0.000000175. The van der Waals surface area contributed by atoms with Gasteiger partial charge in [0.1, 0.15) is 54.1 Å².